The van der Waals surface area contributed by atoms with E-state index in [0.29, 0.717) is 0 Å². The number of amides is 1. The van der Waals surface area contributed by atoms with Crippen LogP contribution in [0.2, 0.25) is 5.02 Å². The summed E-state index contributed by atoms with van der Waals surface area (Å²) in [5.41, 5.74) is -2.17. The Bertz CT molecular complexity index is 1240. The molecule has 1 aromatic heterocycles. The van der Waals surface area contributed by atoms with Gasteiger partial charge in [-0.2, -0.15) is 13.2 Å². The maximum absolute atomic E-state index is 15.2. The van der Waals surface area contributed by atoms with Crippen LogP contribution in [0.1, 0.15) is 36.6 Å². The lowest BCUT2D eigenvalue weighted by Crippen LogP contribution is -2.60. The second kappa shape index (κ2) is 10.7. The summed E-state index contributed by atoms with van der Waals surface area (Å²) < 4.78 is 82.2. The Balaban J connectivity index is 2.26. The van der Waals surface area contributed by atoms with E-state index < -0.39 is 46.8 Å². The first-order chi connectivity index (χ1) is 16.8. The third kappa shape index (κ3) is 5.31. The molecule has 1 aliphatic heterocycles. The molecule has 7 nitrogen and oxygen atoms in total. The molecule has 4 unspecified atom stereocenters. The molecule has 36 heavy (non-hydrogen) atoms. The minimum atomic E-state index is -4.82. The van der Waals surface area contributed by atoms with Crippen molar-refractivity contribution in [2.75, 3.05) is 7.05 Å². The Hall–Kier alpha value is -2.80. The van der Waals surface area contributed by atoms with Crippen LogP contribution in [0.5, 0.6) is 0 Å². The van der Waals surface area contributed by atoms with Crippen molar-refractivity contribution in [3.8, 4) is 0 Å². The Kier molecular flexibility index (Phi) is 8.23. The summed E-state index contributed by atoms with van der Waals surface area (Å²) in [4.78, 5) is 18.1. The summed E-state index contributed by atoms with van der Waals surface area (Å²) in [6.45, 7) is 2.64. The average Bonchev–Trinajstić information content (AvgIpc) is 2.81. The largest absolute Gasteiger partial charge is 0.760 e. The van der Waals surface area contributed by atoms with Crippen molar-refractivity contribution in [2.24, 2.45) is 0 Å². The zero-order valence-corrected chi connectivity index (χ0v) is 20.8. The standard InChI is InChI=1S/C23H23ClF4N4O3S/c1-13(31-36(34)35)15-8-7-14(11-18(15)25)22(2,21(33)29-3)32-19(16-12-30-10-9-17(16)24)5-4-6-20(32)23(26,27)28/h4-13,20,31H,1-3H3,(H,29,33)(H,34,35)/p-1. The third-order valence-corrected chi connectivity index (χ3v) is 6.79. The van der Waals surface area contributed by atoms with Gasteiger partial charge in [0.2, 0.25) is 5.91 Å². The molecule has 2 aromatic rings. The predicted molar refractivity (Wildman–Crippen MR) is 126 cm³/mol. The number of allylic oxidation sites excluding steroid dienone is 2. The van der Waals surface area contributed by atoms with Gasteiger partial charge in [-0.1, -0.05) is 35.9 Å². The molecule has 0 radical (unpaired) electrons. The highest BCUT2D eigenvalue weighted by atomic mass is 35.5. The second-order valence-electron chi connectivity index (χ2n) is 8.11. The first-order valence-electron chi connectivity index (χ1n) is 10.5. The first kappa shape index (κ1) is 27.8. The van der Waals surface area contributed by atoms with Gasteiger partial charge in [0.25, 0.3) is 0 Å². The Morgan fingerprint density at radius 1 is 1.31 bits per heavy atom. The summed E-state index contributed by atoms with van der Waals surface area (Å²) in [7, 11) is 1.25. The fraction of sp³-hybridized carbons (Fsp3) is 0.304. The van der Waals surface area contributed by atoms with Gasteiger partial charge in [-0.15, -0.1) is 0 Å². The normalized spacial score (nSPS) is 19.3. The third-order valence-electron chi connectivity index (χ3n) is 5.92. The lowest BCUT2D eigenvalue weighted by molar-refractivity contribution is -0.177. The van der Waals surface area contributed by atoms with Crippen molar-refractivity contribution in [2.45, 2.75) is 37.6 Å². The van der Waals surface area contributed by atoms with E-state index in [2.05, 4.69) is 15.0 Å². The first-order valence-corrected chi connectivity index (χ1v) is 12.0. The number of nitrogens with one attached hydrogen (secondary N) is 2. The molecule has 2 heterocycles. The number of aromatic nitrogens is 1. The highest BCUT2D eigenvalue weighted by Gasteiger charge is 2.53. The number of carbonyl (C=O) groups is 1. The van der Waals surface area contributed by atoms with Crippen molar-refractivity contribution in [1.29, 1.82) is 0 Å². The van der Waals surface area contributed by atoms with Gasteiger partial charge >= 0.3 is 6.18 Å². The smallest absolute Gasteiger partial charge is 0.412 e. The number of likely N-dealkylation sites (N-methyl/N-ethyl adjacent to an activating group) is 1. The molecule has 13 heteroatoms. The number of hydrogen-bond acceptors (Lipinski definition) is 5. The number of hydrogen-bond donors (Lipinski definition) is 2. The lowest BCUT2D eigenvalue weighted by Gasteiger charge is -2.48. The van der Waals surface area contributed by atoms with E-state index in [1.807, 2.05) is 0 Å². The van der Waals surface area contributed by atoms with E-state index in [1.165, 1.54) is 63.6 Å². The van der Waals surface area contributed by atoms with Gasteiger partial charge in [0.05, 0.1) is 5.02 Å². The zero-order valence-electron chi connectivity index (χ0n) is 19.3. The molecule has 0 bridgehead atoms. The topological polar surface area (TPSA) is 97.4 Å². The van der Waals surface area contributed by atoms with Crippen molar-refractivity contribution in [1.82, 2.24) is 19.9 Å². The molecule has 1 amide bonds. The Morgan fingerprint density at radius 2 is 2.00 bits per heavy atom. The number of nitrogens with zero attached hydrogens (tertiary/aromatic N) is 2. The number of halogens is 5. The van der Waals surface area contributed by atoms with Crippen LogP contribution >= 0.6 is 11.6 Å². The molecule has 0 spiro atoms. The number of benzene rings is 1. The van der Waals surface area contributed by atoms with Crippen molar-refractivity contribution < 1.29 is 31.1 Å². The summed E-state index contributed by atoms with van der Waals surface area (Å²) in [6.07, 6.45) is 1.28. The van der Waals surface area contributed by atoms with Crippen LogP contribution in [0, 0.1) is 5.82 Å². The van der Waals surface area contributed by atoms with E-state index in [4.69, 9.17) is 11.6 Å². The van der Waals surface area contributed by atoms with Gasteiger partial charge < -0.3 is 14.8 Å². The van der Waals surface area contributed by atoms with Gasteiger partial charge in [-0.25, -0.2) is 9.11 Å². The Morgan fingerprint density at radius 3 is 2.56 bits per heavy atom. The fourth-order valence-electron chi connectivity index (χ4n) is 4.14. The molecular formula is C23H22ClF4N4O3S-. The minimum Gasteiger partial charge on any atom is -0.760 e. The fourth-order valence-corrected chi connectivity index (χ4v) is 4.76. The van der Waals surface area contributed by atoms with Gasteiger partial charge in [0.15, 0.2) is 0 Å². The summed E-state index contributed by atoms with van der Waals surface area (Å²) in [5, 5.41) is 2.48. The van der Waals surface area contributed by atoms with E-state index in [1.54, 1.807) is 0 Å². The van der Waals surface area contributed by atoms with Gasteiger partial charge in [-0.3, -0.25) is 14.0 Å². The maximum atomic E-state index is 15.2. The van der Waals surface area contributed by atoms with E-state index in [-0.39, 0.29) is 27.4 Å². The quantitative estimate of drug-likeness (QED) is 0.403. The number of alkyl halides is 3. The summed E-state index contributed by atoms with van der Waals surface area (Å²) in [6, 6.07) is 1.59. The molecule has 1 aliphatic rings. The molecule has 4 atom stereocenters. The SMILES string of the molecule is CNC(=O)C(C)(c1ccc(C(C)NS(=O)[O-])c(F)c1)N1C(c2cnccc2Cl)=CC=CC1C(F)(F)F. The molecule has 0 saturated heterocycles. The van der Waals surface area contributed by atoms with Crippen LogP contribution in [0.25, 0.3) is 5.70 Å². The highest BCUT2D eigenvalue weighted by molar-refractivity contribution is 7.77. The molecule has 0 saturated carbocycles. The molecule has 3 rings (SSSR count). The van der Waals surface area contributed by atoms with Gasteiger partial charge in [0.1, 0.15) is 17.4 Å². The maximum Gasteiger partial charge on any atom is 0.412 e. The molecule has 194 valence electrons. The molecule has 0 fully saturated rings. The number of pyridine rings is 1. The molecule has 2 N–H and O–H groups in total. The zero-order chi connectivity index (χ0) is 26.8. The van der Waals surface area contributed by atoms with Crippen LogP contribution in [-0.2, 0) is 21.6 Å². The highest BCUT2D eigenvalue weighted by Crippen LogP contribution is 2.45. The van der Waals surface area contributed by atoms with Crippen molar-refractivity contribution in [3.05, 3.63) is 82.4 Å². The van der Waals surface area contributed by atoms with Gasteiger partial charge in [-0.05, 0) is 37.6 Å². The van der Waals surface area contributed by atoms with Crippen LogP contribution in [0.15, 0.2) is 54.9 Å². The minimum absolute atomic E-state index is 0.0507. The van der Waals surface area contributed by atoms with Crippen molar-refractivity contribution in [3.63, 3.8) is 0 Å². The van der Waals surface area contributed by atoms with E-state index in [9.17, 15) is 26.7 Å². The van der Waals surface area contributed by atoms with E-state index >= 15 is 4.39 Å². The van der Waals surface area contributed by atoms with Crippen LogP contribution in [0.4, 0.5) is 17.6 Å². The number of carbonyl (C=O) groups excluding carboxylic acids is 1. The average molecular weight is 546 g/mol. The van der Waals surface area contributed by atoms with E-state index in [0.717, 1.165) is 17.0 Å². The van der Waals surface area contributed by atoms with Gasteiger partial charge in [0, 0.05) is 53.6 Å². The monoisotopic (exact) mass is 545 g/mol. The summed E-state index contributed by atoms with van der Waals surface area (Å²) >= 11 is 3.61. The van der Waals surface area contributed by atoms with Crippen LogP contribution in [0.3, 0.4) is 0 Å². The molecule has 0 aliphatic carbocycles. The molecular weight excluding hydrogens is 524 g/mol. The van der Waals surface area contributed by atoms with Crippen LogP contribution in [-0.4, -0.2) is 43.8 Å². The second-order valence-corrected chi connectivity index (χ2v) is 9.22. The Labute approximate surface area is 212 Å². The predicted octanol–water partition coefficient (Wildman–Crippen LogP) is 4.12. The lowest BCUT2D eigenvalue weighted by atomic mass is 9.84. The number of rotatable bonds is 7. The summed E-state index contributed by atoms with van der Waals surface area (Å²) in [5.74, 6) is -1.76. The van der Waals surface area contributed by atoms with Crippen LogP contribution < -0.4 is 10.0 Å². The molecule has 1 aromatic carbocycles. The van der Waals surface area contributed by atoms with Crippen molar-refractivity contribution >= 4 is 34.5 Å².